The summed E-state index contributed by atoms with van der Waals surface area (Å²) in [5.74, 6) is 1.90. The summed E-state index contributed by atoms with van der Waals surface area (Å²) in [6.45, 7) is 4.50. The summed E-state index contributed by atoms with van der Waals surface area (Å²) < 4.78 is 6.79. The zero-order valence-corrected chi connectivity index (χ0v) is 12.9. The van der Waals surface area contributed by atoms with E-state index in [0.29, 0.717) is 29.8 Å². The summed E-state index contributed by atoms with van der Waals surface area (Å²) in [6.07, 6.45) is 6.64. The van der Waals surface area contributed by atoms with Crippen LogP contribution in [0.25, 0.3) is 0 Å². The largest absolute Gasteiger partial charge is 0.493 e. The SMILES string of the molecule is CC(=O)c1cc(Br)ccc1OCC1CC=CCC1C. The van der Waals surface area contributed by atoms with Gasteiger partial charge in [0, 0.05) is 4.47 Å². The Kier molecular flexibility index (Phi) is 4.81. The van der Waals surface area contributed by atoms with Crippen molar-refractivity contribution in [3.63, 3.8) is 0 Å². The number of hydrogen-bond donors (Lipinski definition) is 0. The van der Waals surface area contributed by atoms with E-state index in [-0.39, 0.29) is 5.78 Å². The van der Waals surface area contributed by atoms with Crippen LogP contribution in [-0.2, 0) is 0 Å². The molecule has 0 aromatic heterocycles. The number of carbonyl (C=O) groups is 1. The van der Waals surface area contributed by atoms with Gasteiger partial charge < -0.3 is 4.74 Å². The number of allylic oxidation sites excluding steroid dienone is 2. The number of ether oxygens (including phenoxy) is 1. The first-order chi connectivity index (χ1) is 9.08. The van der Waals surface area contributed by atoms with E-state index in [2.05, 4.69) is 35.0 Å². The molecule has 0 heterocycles. The lowest BCUT2D eigenvalue weighted by Crippen LogP contribution is -2.21. The number of ketones is 1. The Morgan fingerprint density at radius 3 is 2.79 bits per heavy atom. The van der Waals surface area contributed by atoms with E-state index < -0.39 is 0 Å². The summed E-state index contributed by atoms with van der Waals surface area (Å²) in [5.41, 5.74) is 0.647. The van der Waals surface area contributed by atoms with Gasteiger partial charge in [-0.1, -0.05) is 35.0 Å². The molecular weight excluding hydrogens is 304 g/mol. The molecule has 0 amide bonds. The van der Waals surface area contributed by atoms with Crippen molar-refractivity contribution in [3.8, 4) is 5.75 Å². The predicted octanol–water partition coefficient (Wildman–Crippen LogP) is 4.63. The van der Waals surface area contributed by atoms with Gasteiger partial charge in [-0.25, -0.2) is 0 Å². The van der Waals surface area contributed by atoms with Crippen molar-refractivity contribution in [2.45, 2.75) is 26.7 Å². The second-order valence-electron chi connectivity index (χ2n) is 5.19. The van der Waals surface area contributed by atoms with Crippen LogP contribution in [0.1, 0.15) is 37.0 Å². The molecule has 2 unspecified atom stereocenters. The number of rotatable bonds is 4. The molecule has 0 N–H and O–H groups in total. The first kappa shape index (κ1) is 14.3. The molecule has 0 fully saturated rings. The molecule has 1 aromatic rings. The summed E-state index contributed by atoms with van der Waals surface area (Å²) >= 11 is 3.38. The molecule has 2 atom stereocenters. The predicted molar refractivity (Wildman–Crippen MR) is 80.7 cm³/mol. The highest BCUT2D eigenvalue weighted by molar-refractivity contribution is 9.10. The maximum atomic E-state index is 11.6. The van der Waals surface area contributed by atoms with Crippen molar-refractivity contribution >= 4 is 21.7 Å². The van der Waals surface area contributed by atoms with Crippen LogP contribution in [-0.4, -0.2) is 12.4 Å². The van der Waals surface area contributed by atoms with E-state index in [0.717, 1.165) is 17.3 Å². The monoisotopic (exact) mass is 322 g/mol. The van der Waals surface area contributed by atoms with Gasteiger partial charge in [0.1, 0.15) is 5.75 Å². The van der Waals surface area contributed by atoms with Crippen molar-refractivity contribution in [2.75, 3.05) is 6.61 Å². The molecule has 3 heteroatoms. The molecule has 1 aromatic carbocycles. The minimum Gasteiger partial charge on any atom is -0.493 e. The van der Waals surface area contributed by atoms with Gasteiger partial charge >= 0.3 is 0 Å². The first-order valence-electron chi connectivity index (χ1n) is 6.66. The lowest BCUT2D eigenvalue weighted by molar-refractivity contribution is 0.101. The highest BCUT2D eigenvalue weighted by Gasteiger charge is 2.19. The van der Waals surface area contributed by atoms with Gasteiger partial charge in [-0.3, -0.25) is 4.79 Å². The molecule has 0 radical (unpaired) electrons. The third-order valence-electron chi connectivity index (χ3n) is 3.69. The minimum atomic E-state index is 0.0351. The average molecular weight is 323 g/mol. The van der Waals surface area contributed by atoms with Gasteiger partial charge in [-0.15, -0.1) is 0 Å². The number of benzene rings is 1. The third-order valence-corrected chi connectivity index (χ3v) is 4.19. The quantitative estimate of drug-likeness (QED) is 0.596. The zero-order valence-electron chi connectivity index (χ0n) is 11.4. The van der Waals surface area contributed by atoms with Gasteiger partial charge in [0.05, 0.1) is 12.2 Å². The van der Waals surface area contributed by atoms with E-state index >= 15 is 0 Å². The third kappa shape index (κ3) is 3.69. The fourth-order valence-corrected chi connectivity index (χ4v) is 2.70. The van der Waals surface area contributed by atoms with E-state index in [1.54, 1.807) is 6.92 Å². The maximum absolute atomic E-state index is 11.6. The second kappa shape index (κ2) is 6.38. The van der Waals surface area contributed by atoms with E-state index in [1.807, 2.05) is 18.2 Å². The van der Waals surface area contributed by atoms with Crippen LogP contribution in [0.3, 0.4) is 0 Å². The van der Waals surface area contributed by atoms with Crippen molar-refractivity contribution in [1.82, 2.24) is 0 Å². The van der Waals surface area contributed by atoms with Crippen LogP contribution in [0.15, 0.2) is 34.8 Å². The van der Waals surface area contributed by atoms with Crippen LogP contribution in [0.5, 0.6) is 5.75 Å². The maximum Gasteiger partial charge on any atom is 0.163 e. The highest BCUT2D eigenvalue weighted by Crippen LogP contribution is 2.28. The Morgan fingerprint density at radius 1 is 1.37 bits per heavy atom. The van der Waals surface area contributed by atoms with Gasteiger partial charge in [0.15, 0.2) is 5.78 Å². The smallest absolute Gasteiger partial charge is 0.163 e. The van der Waals surface area contributed by atoms with Crippen molar-refractivity contribution < 1.29 is 9.53 Å². The second-order valence-corrected chi connectivity index (χ2v) is 6.10. The van der Waals surface area contributed by atoms with Crippen LogP contribution in [0.4, 0.5) is 0 Å². The fourth-order valence-electron chi connectivity index (χ4n) is 2.34. The van der Waals surface area contributed by atoms with Gasteiger partial charge in [0.2, 0.25) is 0 Å². The minimum absolute atomic E-state index is 0.0351. The lowest BCUT2D eigenvalue weighted by atomic mass is 9.85. The van der Waals surface area contributed by atoms with Crippen LogP contribution in [0, 0.1) is 11.8 Å². The lowest BCUT2D eigenvalue weighted by Gasteiger charge is -2.25. The van der Waals surface area contributed by atoms with E-state index in [9.17, 15) is 4.79 Å². The number of carbonyl (C=O) groups excluding carboxylic acids is 1. The Balaban J connectivity index is 2.07. The van der Waals surface area contributed by atoms with Gasteiger partial charge in [-0.05, 0) is 49.8 Å². The Hall–Kier alpha value is -1.09. The number of halogens is 1. The van der Waals surface area contributed by atoms with Gasteiger partial charge in [-0.2, -0.15) is 0 Å². The molecule has 2 nitrogen and oxygen atoms in total. The molecule has 2 rings (SSSR count). The Bertz CT molecular complexity index is 494. The molecule has 0 spiro atoms. The fraction of sp³-hybridized carbons (Fsp3) is 0.438. The van der Waals surface area contributed by atoms with Gasteiger partial charge in [0.25, 0.3) is 0 Å². The Morgan fingerprint density at radius 2 is 2.11 bits per heavy atom. The molecule has 0 bridgehead atoms. The summed E-state index contributed by atoms with van der Waals surface area (Å²) in [6, 6.07) is 5.60. The highest BCUT2D eigenvalue weighted by atomic mass is 79.9. The van der Waals surface area contributed by atoms with Crippen molar-refractivity contribution in [2.24, 2.45) is 11.8 Å². The van der Waals surface area contributed by atoms with Crippen LogP contribution >= 0.6 is 15.9 Å². The number of Topliss-reactive ketones (excluding diaryl/α,β-unsaturated/α-hetero) is 1. The normalized spacial score (nSPS) is 22.3. The van der Waals surface area contributed by atoms with E-state index in [4.69, 9.17) is 4.74 Å². The summed E-state index contributed by atoms with van der Waals surface area (Å²) in [5, 5.41) is 0. The molecule has 0 saturated carbocycles. The summed E-state index contributed by atoms with van der Waals surface area (Å²) in [7, 11) is 0. The van der Waals surface area contributed by atoms with Crippen molar-refractivity contribution in [1.29, 1.82) is 0 Å². The molecule has 1 aliphatic carbocycles. The molecule has 1 aliphatic rings. The Labute approximate surface area is 123 Å². The molecule has 0 saturated heterocycles. The molecule has 0 aliphatic heterocycles. The molecule has 19 heavy (non-hydrogen) atoms. The zero-order chi connectivity index (χ0) is 13.8. The van der Waals surface area contributed by atoms with E-state index in [1.165, 1.54) is 0 Å². The van der Waals surface area contributed by atoms with Crippen molar-refractivity contribution in [3.05, 3.63) is 40.4 Å². The summed E-state index contributed by atoms with van der Waals surface area (Å²) in [4.78, 5) is 11.6. The molecular formula is C16H19BrO2. The number of hydrogen-bond acceptors (Lipinski definition) is 2. The van der Waals surface area contributed by atoms with Crippen LogP contribution in [0.2, 0.25) is 0 Å². The standard InChI is InChI=1S/C16H19BrO2/c1-11-5-3-4-6-13(11)10-19-16-8-7-14(17)9-15(16)12(2)18/h3-4,7-9,11,13H,5-6,10H2,1-2H3. The average Bonchev–Trinajstić information content (AvgIpc) is 2.38. The molecule has 102 valence electrons. The van der Waals surface area contributed by atoms with Crippen LogP contribution < -0.4 is 4.74 Å². The topological polar surface area (TPSA) is 26.3 Å². The first-order valence-corrected chi connectivity index (χ1v) is 7.45.